The van der Waals surface area contributed by atoms with Crippen molar-refractivity contribution in [2.24, 2.45) is 10.9 Å². The average molecular weight is 326 g/mol. The van der Waals surface area contributed by atoms with Crippen molar-refractivity contribution in [3.05, 3.63) is 23.8 Å². The Labute approximate surface area is 131 Å². The van der Waals surface area contributed by atoms with Crippen LogP contribution in [0.15, 0.2) is 23.4 Å². The van der Waals surface area contributed by atoms with E-state index in [1.807, 2.05) is 0 Å². The number of fused-ring (bicyclic) bond motifs is 1. The van der Waals surface area contributed by atoms with E-state index < -0.39 is 24.0 Å². The summed E-state index contributed by atoms with van der Waals surface area (Å²) in [6.45, 7) is 0.256. The van der Waals surface area contributed by atoms with Crippen molar-refractivity contribution >= 4 is 23.3 Å². The molecule has 0 saturated carbocycles. The molecule has 0 bridgehead atoms. The van der Waals surface area contributed by atoms with Crippen molar-refractivity contribution in [3.8, 4) is 0 Å². The highest BCUT2D eigenvalue weighted by Gasteiger charge is 2.53. The fraction of sp³-hybridized carbons (Fsp3) is 0.429. The molecule has 7 nitrogen and oxygen atoms in total. The van der Waals surface area contributed by atoms with Crippen molar-refractivity contribution in [3.63, 3.8) is 0 Å². The maximum atomic E-state index is 14.8. The topological polar surface area (TPSA) is 80.4 Å². The molecule has 2 aliphatic heterocycles. The molecule has 2 N–H and O–H groups in total. The van der Waals surface area contributed by atoms with E-state index in [1.54, 1.807) is 6.07 Å². The number of nitrogens with two attached hydrogens (primary N) is 1. The predicted molar refractivity (Wildman–Crippen MR) is 79.9 cm³/mol. The van der Waals surface area contributed by atoms with Crippen LogP contribution in [0.2, 0.25) is 0 Å². The summed E-state index contributed by atoms with van der Waals surface area (Å²) in [5, 5.41) is 3.43. The molecule has 1 aromatic rings. The molecule has 0 radical (unpaired) electrons. The van der Waals surface area contributed by atoms with Gasteiger partial charge in [0.1, 0.15) is 13.2 Å². The van der Waals surface area contributed by atoms with Gasteiger partial charge in [0.2, 0.25) is 5.84 Å². The third kappa shape index (κ3) is 2.19. The second-order valence-corrected chi connectivity index (χ2v) is 5.25. The molecule has 2 heterocycles. The van der Waals surface area contributed by atoms with E-state index >= 15 is 0 Å². The Kier molecular flexibility index (Phi) is 3.59. The molecule has 23 heavy (non-hydrogen) atoms. The van der Waals surface area contributed by atoms with Crippen LogP contribution in [0, 0.1) is 0 Å². The van der Waals surface area contributed by atoms with Gasteiger partial charge in [-0.25, -0.2) is 4.79 Å². The van der Waals surface area contributed by atoms with Gasteiger partial charge in [-0.1, -0.05) is 11.2 Å². The summed E-state index contributed by atoms with van der Waals surface area (Å²) in [6.07, 6.45) is -1.21. The maximum Gasteiger partial charge on any atom is 0.414 e. The number of carbonyl (C=O) groups excluding carboxylic acids is 1. The van der Waals surface area contributed by atoms with Crippen LogP contribution in [0.5, 0.6) is 0 Å². The molecular weight excluding hydrogens is 310 g/mol. The highest BCUT2D eigenvalue weighted by molar-refractivity contribution is 6.11. The maximum absolute atomic E-state index is 14.8. The number of oxime groups is 1. The summed E-state index contributed by atoms with van der Waals surface area (Å²) >= 11 is 0. The van der Waals surface area contributed by atoms with Crippen LogP contribution in [-0.4, -0.2) is 45.3 Å². The minimum Gasteiger partial charge on any atom is -0.443 e. The standard InChI is InChI=1S/C14H16F2N4O3/c1-19-9-4-3-5-10(20-7-8(6-17)23-13(20)21)11(9)14(15,16)12(19)18-22-2/h3-5,8H,6-7,17H2,1-2H3. The van der Waals surface area contributed by atoms with E-state index in [4.69, 9.17) is 10.5 Å². The van der Waals surface area contributed by atoms with Gasteiger partial charge in [-0.15, -0.1) is 0 Å². The molecule has 0 aromatic heterocycles. The summed E-state index contributed by atoms with van der Waals surface area (Å²) in [5.41, 5.74) is 5.53. The Morgan fingerprint density at radius 3 is 2.78 bits per heavy atom. The number of benzene rings is 1. The normalized spacial score (nSPS) is 24.1. The highest BCUT2D eigenvalue weighted by Crippen LogP contribution is 2.49. The second-order valence-electron chi connectivity index (χ2n) is 5.25. The van der Waals surface area contributed by atoms with Crippen LogP contribution in [0.4, 0.5) is 25.0 Å². The number of carbonyl (C=O) groups is 1. The summed E-state index contributed by atoms with van der Waals surface area (Å²) in [7, 11) is 2.66. The molecule has 1 saturated heterocycles. The van der Waals surface area contributed by atoms with E-state index in [-0.39, 0.29) is 30.0 Å². The van der Waals surface area contributed by atoms with E-state index in [0.29, 0.717) is 0 Å². The van der Waals surface area contributed by atoms with Gasteiger partial charge in [-0.3, -0.25) is 4.90 Å². The molecule has 0 spiro atoms. The molecule has 1 atom stereocenters. The van der Waals surface area contributed by atoms with Gasteiger partial charge in [-0.2, -0.15) is 8.78 Å². The second kappa shape index (κ2) is 5.34. The van der Waals surface area contributed by atoms with Crippen molar-refractivity contribution in [1.82, 2.24) is 0 Å². The van der Waals surface area contributed by atoms with Crippen molar-refractivity contribution in [2.75, 3.05) is 37.0 Å². The van der Waals surface area contributed by atoms with E-state index in [9.17, 15) is 13.6 Å². The lowest BCUT2D eigenvalue weighted by Gasteiger charge is -2.19. The van der Waals surface area contributed by atoms with Gasteiger partial charge in [-0.05, 0) is 12.1 Å². The molecule has 124 valence electrons. The fourth-order valence-corrected chi connectivity index (χ4v) is 2.84. The lowest BCUT2D eigenvalue weighted by atomic mass is 10.1. The third-order valence-electron chi connectivity index (χ3n) is 3.90. The number of halogens is 2. The number of anilines is 2. The summed E-state index contributed by atoms with van der Waals surface area (Å²) in [5.74, 6) is -3.93. The predicted octanol–water partition coefficient (Wildman–Crippen LogP) is 1.47. The molecule has 0 aliphatic carbocycles. The zero-order valence-electron chi connectivity index (χ0n) is 12.6. The van der Waals surface area contributed by atoms with Crippen molar-refractivity contribution in [2.45, 2.75) is 12.0 Å². The largest absolute Gasteiger partial charge is 0.443 e. The van der Waals surface area contributed by atoms with E-state index in [2.05, 4.69) is 9.99 Å². The highest BCUT2D eigenvalue weighted by atomic mass is 19.3. The third-order valence-corrected chi connectivity index (χ3v) is 3.90. The number of ether oxygens (including phenoxy) is 1. The van der Waals surface area contributed by atoms with Crippen LogP contribution in [0.3, 0.4) is 0 Å². The number of hydrogen-bond donors (Lipinski definition) is 1. The minimum atomic E-state index is -3.39. The van der Waals surface area contributed by atoms with Crippen LogP contribution in [0.25, 0.3) is 0 Å². The summed E-state index contributed by atoms with van der Waals surface area (Å²) < 4.78 is 34.7. The number of amidine groups is 1. The first-order chi connectivity index (χ1) is 10.9. The number of rotatable bonds is 3. The molecule has 1 fully saturated rings. The van der Waals surface area contributed by atoms with E-state index in [1.165, 1.54) is 36.1 Å². The Morgan fingerprint density at radius 1 is 1.48 bits per heavy atom. The first-order valence-electron chi connectivity index (χ1n) is 6.96. The SMILES string of the molecule is CON=C1N(C)c2cccc(N3CC(CN)OC3=O)c2C1(F)F. The lowest BCUT2D eigenvalue weighted by molar-refractivity contribution is 0.0733. The van der Waals surface area contributed by atoms with Crippen LogP contribution in [0.1, 0.15) is 5.56 Å². The monoisotopic (exact) mass is 326 g/mol. The molecule has 1 aromatic carbocycles. The Morgan fingerprint density at radius 2 is 2.17 bits per heavy atom. The van der Waals surface area contributed by atoms with Gasteiger partial charge < -0.3 is 20.2 Å². The van der Waals surface area contributed by atoms with E-state index in [0.717, 1.165) is 0 Å². The van der Waals surface area contributed by atoms with Crippen LogP contribution < -0.4 is 15.5 Å². The zero-order valence-corrected chi connectivity index (χ0v) is 12.6. The van der Waals surface area contributed by atoms with Gasteiger partial charge >= 0.3 is 12.0 Å². The average Bonchev–Trinajstić information content (AvgIpc) is 2.99. The number of nitrogens with zero attached hydrogens (tertiary/aromatic N) is 3. The molecule has 1 unspecified atom stereocenters. The van der Waals surface area contributed by atoms with Crippen molar-refractivity contribution < 1.29 is 23.1 Å². The van der Waals surface area contributed by atoms with Gasteiger partial charge in [0.15, 0.2) is 0 Å². The molecule has 1 amide bonds. The Hall–Kier alpha value is -2.42. The number of cyclic esters (lactones) is 1. The summed E-state index contributed by atoms with van der Waals surface area (Å²) in [6, 6.07) is 4.59. The van der Waals surface area contributed by atoms with Gasteiger partial charge in [0.05, 0.1) is 23.5 Å². The smallest absolute Gasteiger partial charge is 0.414 e. The number of amides is 1. The first kappa shape index (κ1) is 15.5. The zero-order chi connectivity index (χ0) is 16.8. The molecule has 9 heteroatoms. The number of likely N-dealkylation sites (N-methyl/N-ethyl adjacent to an activating group) is 1. The fourth-order valence-electron chi connectivity index (χ4n) is 2.84. The van der Waals surface area contributed by atoms with Crippen LogP contribution in [-0.2, 0) is 15.5 Å². The Balaban J connectivity index is 2.12. The quantitative estimate of drug-likeness (QED) is 0.851. The van der Waals surface area contributed by atoms with Crippen LogP contribution >= 0.6 is 0 Å². The van der Waals surface area contributed by atoms with Gasteiger partial charge in [0.25, 0.3) is 0 Å². The minimum absolute atomic E-state index is 0.0848. The molecule has 3 rings (SSSR count). The number of hydrogen-bond acceptors (Lipinski definition) is 5. The molecule has 2 aliphatic rings. The van der Waals surface area contributed by atoms with Crippen molar-refractivity contribution in [1.29, 1.82) is 0 Å². The molecular formula is C14H16F2N4O3. The van der Waals surface area contributed by atoms with Gasteiger partial charge in [0, 0.05) is 13.6 Å². The lowest BCUT2D eigenvalue weighted by Crippen LogP contribution is -2.33. The number of alkyl halides is 2. The summed E-state index contributed by atoms with van der Waals surface area (Å²) in [4.78, 5) is 18.9. The Bertz CT molecular complexity index is 680. The first-order valence-corrected chi connectivity index (χ1v) is 6.96.